The average molecular weight is 388 g/mol. The molecule has 8 heteroatoms. The third-order valence-electron chi connectivity index (χ3n) is 4.14. The highest BCUT2D eigenvalue weighted by atomic mass is 32.1. The third kappa shape index (κ3) is 5.70. The van der Waals surface area contributed by atoms with E-state index >= 15 is 0 Å². The van der Waals surface area contributed by atoms with Crippen molar-refractivity contribution in [3.05, 3.63) is 64.5 Å². The molecule has 0 amide bonds. The molecule has 3 N–H and O–H groups in total. The maximum atomic E-state index is 10.8. The van der Waals surface area contributed by atoms with Gasteiger partial charge in [-0.05, 0) is 30.5 Å². The minimum atomic E-state index is -1.05. The van der Waals surface area contributed by atoms with E-state index in [1.807, 2.05) is 36.8 Å². The molecule has 1 atom stereocenters. The Labute approximate surface area is 162 Å². The summed E-state index contributed by atoms with van der Waals surface area (Å²) in [6, 6.07) is 7.90. The summed E-state index contributed by atoms with van der Waals surface area (Å²) < 4.78 is 7.04. The predicted molar refractivity (Wildman–Crippen MR) is 107 cm³/mol. The first-order chi connectivity index (χ1) is 13.0. The molecule has 0 saturated carbocycles. The van der Waals surface area contributed by atoms with Gasteiger partial charge >= 0.3 is 0 Å². The summed E-state index contributed by atoms with van der Waals surface area (Å²) in [5.41, 5.74) is -0.300. The second-order valence-corrected chi connectivity index (χ2v) is 7.56. The van der Waals surface area contributed by atoms with Gasteiger partial charge in [0.05, 0.1) is 25.5 Å². The van der Waals surface area contributed by atoms with Crippen LogP contribution >= 0.6 is 11.3 Å². The number of nitrogens with zero attached hydrogens (tertiary/aromatic N) is 3. The summed E-state index contributed by atoms with van der Waals surface area (Å²) >= 11 is 1.67. The van der Waals surface area contributed by atoms with E-state index in [0.717, 1.165) is 17.7 Å². The Hall–Kier alpha value is -2.58. The highest BCUT2D eigenvalue weighted by Gasteiger charge is 2.25. The number of aliphatic imine (C=N–C) groups is 1. The van der Waals surface area contributed by atoms with Gasteiger partial charge in [-0.25, -0.2) is 4.99 Å². The Morgan fingerprint density at radius 2 is 2.26 bits per heavy atom. The van der Waals surface area contributed by atoms with Crippen LogP contribution in [0.5, 0.6) is 0 Å². The summed E-state index contributed by atoms with van der Waals surface area (Å²) in [4.78, 5) is 5.81. The van der Waals surface area contributed by atoms with Crippen LogP contribution in [0.25, 0.3) is 0 Å². The van der Waals surface area contributed by atoms with Crippen molar-refractivity contribution in [2.75, 3.05) is 13.1 Å². The van der Waals surface area contributed by atoms with Gasteiger partial charge in [0.25, 0.3) is 0 Å². The molecule has 0 fully saturated rings. The van der Waals surface area contributed by atoms with E-state index in [9.17, 15) is 5.11 Å². The summed E-state index contributed by atoms with van der Waals surface area (Å²) in [6.45, 7) is 3.34. The number of nitrogens with one attached hydrogen (secondary N) is 2. The van der Waals surface area contributed by atoms with E-state index in [2.05, 4.69) is 26.8 Å². The molecule has 144 valence electrons. The van der Waals surface area contributed by atoms with Crippen molar-refractivity contribution in [3.63, 3.8) is 0 Å². The van der Waals surface area contributed by atoms with Crippen molar-refractivity contribution < 1.29 is 9.52 Å². The quantitative estimate of drug-likeness (QED) is 0.408. The second kappa shape index (κ2) is 8.88. The zero-order valence-electron chi connectivity index (χ0n) is 15.6. The molecule has 0 aliphatic carbocycles. The number of hydrogen-bond donors (Lipinski definition) is 3. The monoisotopic (exact) mass is 387 g/mol. The third-order valence-corrected chi connectivity index (χ3v) is 5.01. The number of rotatable bonds is 8. The van der Waals surface area contributed by atoms with Crippen LogP contribution in [0.2, 0.25) is 0 Å². The first-order valence-electron chi connectivity index (χ1n) is 8.81. The van der Waals surface area contributed by atoms with Crippen molar-refractivity contribution in [3.8, 4) is 0 Å². The number of aryl methyl sites for hydroxylation is 1. The molecule has 0 radical (unpaired) electrons. The number of aliphatic hydroxyl groups is 1. The first kappa shape index (κ1) is 19.2. The fraction of sp³-hybridized carbons (Fsp3) is 0.368. The van der Waals surface area contributed by atoms with Crippen molar-refractivity contribution >= 4 is 17.3 Å². The minimum Gasteiger partial charge on any atom is -0.469 e. The lowest BCUT2D eigenvalue weighted by Gasteiger charge is -2.24. The molecule has 0 bridgehead atoms. The van der Waals surface area contributed by atoms with Crippen LogP contribution in [-0.4, -0.2) is 33.9 Å². The topological polar surface area (TPSA) is 87.6 Å². The molecule has 3 rings (SSSR count). The number of hydrogen-bond acceptors (Lipinski definition) is 5. The molecule has 0 saturated heterocycles. The van der Waals surface area contributed by atoms with Crippen molar-refractivity contribution in [2.45, 2.75) is 25.5 Å². The lowest BCUT2D eigenvalue weighted by atomic mass is 10.00. The minimum absolute atomic E-state index is 0.315. The zero-order valence-corrected chi connectivity index (χ0v) is 16.4. The van der Waals surface area contributed by atoms with Gasteiger partial charge in [0.1, 0.15) is 11.4 Å². The lowest BCUT2D eigenvalue weighted by molar-refractivity contribution is 0.0616. The molecule has 1 unspecified atom stereocenters. The summed E-state index contributed by atoms with van der Waals surface area (Å²) in [5.74, 6) is 1.57. The molecule has 0 aromatic carbocycles. The maximum absolute atomic E-state index is 10.8. The summed E-state index contributed by atoms with van der Waals surface area (Å²) in [7, 11) is 1.83. The predicted octanol–water partition coefficient (Wildman–Crippen LogP) is 2.26. The molecule has 0 spiro atoms. The highest BCUT2D eigenvalue weighted by molar-refractivity contribution is 7.09. The Balaban J connectivity index is 1.60. The average Bonchev–Trinajstić information content (AvgIpc) is 3.39. The molecule has 7 nitrogen and oxygen atoms in total. The SMILES string of the molecule is Cn1cc(C(C)(O)CNC(=NCc2cccs2)NCCc2ccco2)cn1. The first-order valence-corrected chi connectivity index (χ1v) is 9.69. The number of guanidine groups is 1. The van der Waals surface area contributed by atoms with Gasteiger partial charge in [-0.3, -0.25) is 4.68 Å². The normalized spacial score (nSPS) is 14.1. The largest absolute Gasteiger partial charge is 0.469 e. The van der Waals surface area contributed by atoms with Crippen LogP contribution in [-0.2, 0) is 25.6 Å². The molecular formula is C19H25N5O2S. The van der Waals surface area contributed by atoms with Crippen LogP contribution in [0.3, 0.4) is 0 Å². The Morgan fingerprint density at radius 3 is 2.93 bits per heavy atom. The van der Waals surface area contributed by atoms with E-state index in [1.54, 1.807) is 35.4 Å². The lowest BCUT2D eigenvalue weighted by Crippen LogP contribution is -2.45. The van der Waals surface area contributed by atoms with Crippen LogP contribution in [0, 0.1) is 0 Å². The smallest absolute Gasteiger partial charge is 0.191 e. The van der Waals surface area contributed by atoms with Gasteiger partial charge in [-0.15, -0.1) is 11.3 Å². The van der Waals surface area contributed by atoms with Crippen molar-refractivity contribution in [2.24, 2.45) is 12.0 Å². The van der Waals surface area contributed by atoms with Crippen LogP contribution in [0.15, 0.2) is 57.7 Å². The van der Waals surface area contributed by atoms with Crippen molar-refractivity contribution in [1.29, 1.82) is 0 Å². The molecule has 27 heavy (non-hydrogen) atoms. The van der Waals surface area contributed by atoms with E-state index < -0.39 is 5.60 Å². The molecule has 3 aromatic heterocycles. The van der Waals surface area contributed by atoms with E-state index in [-0.39, 0.29) is 0 Å². The van der Waals surface area contributed by atoms with Gasteiger partial charge < -0.3 is 20.2 Å². The van der Waals surface area contributed by atoms with Gasteiger partial charge in [0, 0.05) is 36.7 Å². The summed E-state index contributed by atoms with van der Waals surface area (Å²) in [5, 5.41) is 23.5. The molecule has 3 heterocycles. The van der Waals surface area contributed by atoms with Gasteiger partial charge in [0.2, 0.25) is 0 Å². The number of aromatic nitrogens is 2. The van der Waals surface area contributed by atoms with Crippen LogP contribution in [0.1, 0.15) is 23.1 Å². The van der Waals surface area contributed by atoms with Gasteiger partial charge in [-0.2, -0.15) is 5.10 Å². The van der Waals surface area contributed by atoms with E-state index in [4.69, 9.17) is 4.42 Å². The second-order valence-electron chi connectivity index (χ2n) is 6.53. The van der Waals surface area contributed by atoms with Crippen LogP contribution in [0.4, 0.5) is 0 Å². The standard InChI is InChI=1S/C19H25N5O2S/c1-19(25,15-11-23-24(2)13-15)14-22-18(21-12-17-6-4-10-27-17)20-8-7-16-5-3-9-26-16/h3-6,9-11,13,25H,7-8,12,14H2,1-2H3,(H2,20,21,22). The summed E-state index contributed by atoms with van der Waals surface area (Å²) in [6.07, 6.45) is 5.92. The fourth-order valence-electron chi connectivity index (χ4n) is 2.55. The van der Waals surface area contributed by atoms with Crippen molar-refractivity contribution in [1.82, 2.24) is 20.4 Å². The Kier molecular flexibility index (Phi) is 6.31. The molecule has 0 aliphatic rings. The fourth-order valence-corrected chi connectivity index (χ4v) is 3.18. The molecule has 3 aromatic rings. The van der Waals surface area contributed by atoms with E-state index in [0.29, 0.717) is 25.6 Å². The zero-order chi connectivity index (χ0) is 19.1. The van der Waals surface area contributed by atoms with E-state index in [1.165, 1.54) is 4.88 Å². The van der Waals surface area contributed by atoms with Gasteiger partial charge in [0.15, 0.2) is 5.96 Å². The Morgan fingerprint density at radius 1 is 1.37 bits per heavy atom. The highest BCUT2D eigenvalue weighted by Crippen LogP contribution is 2.18. The maximum Gasteiger partial charge on any atom is 0.191 e. The number of furan rings is 1. The number of thiophene rings is 1. The Bertz CT molecular complexity index is 837. The van der Waals surface area contributed by atoms with Gasteiger partial charge in [-0.1, -0.05) is 6.07 Å². The molecular weight excluding hydrogens is 362 g/mol. The van der Waals surface area contributed by atoms with Crippen LogP contribution < -0.4 is 10.6 Å². The molecule has 0 aliphatic heterocycles.